The summed E-state index contributed by atoms with van der Waals surface area (Å²) in [7, 11) is 1.71. The van der Waals surface area contributed by atoms with E-state index in [0.29, 0.717) is 6.42 Å². The standard InChI is InChI=1S/C24H33BrN2O3/c1-29-20-15-19(25)18-16-27(12-5-11-26-9-3-2-4-10-26)13-8-24-7-6-17(28)14-21(24)30-23(20)22(18)24/h6-7,15,17,21,28H,2-5,8-14,16H2,1H3/t17-,21?,24?/m0/s1. The molecule has 5 rings (SSSR count). The zero-order valence-electron chi connectivity index (χ0n) is 17.9. The van der Waals surface area contributed by atoms with E-state index < -0.39 is 6.10 Å². The molecule has 1 fully saturated rings. The molecule has 2 unspecified atom stereocenters. The van der Waals surface area contributed by atoms with Gasteiger partial charge in [-0.3, -0.25) is 4.90 Å². The van der Waals surface area contributed by atoms with E-state index in [4.69, 9.17) is 9.47 Å². The van der Waals surface area contributed by atoms with E-state index in [2.05, 4.69) is 37.9 Å². The van der Waals surface area contributed by atoms with Crippen molar-refractivity contribution in [3.05, 3.63) is 33.8 Å². The lowest BCUT2D eigenvalue weighted by Gasteiger charge is -2.36. The first-order chi connectivity index (χ1) is 14.6. The van der Waals surface area contributed by atoms with Crippen molar-refractivity contribution in [2.75, 3.05) is 39.8 Å². The summed E-state index contributed by atoms with van der Waals surface area (Å²) in [6.45, 7) is 6.85. The van der Waals surface area contributed by atoms with E-state index in [1.807, 2.05) is 6.08 Å². The largest absolute Gasteiger partial charge is 0.493 e. The van der Waals surface area contributed by atoms with Crippen LogP contribution in [0, 0.1) is 0 Å². The first kappa shape index (κ1) is 20.8. The van der Waals surface area contributed by atoms with Crippen LogP contribution in [0.15, 0.2) is 22.7 Å². The van der Waals surface area contributed by atoms with Crippen LogP contribution in [0.1, 0.15) is 49.7 Å². The molecule has 4 aliphatic rings. The number of methoxy groups -OCH3 is 1. The number of halogens is 1. The summed E-state index contributed by atoms with van der Waals surface area (Å²) in [5, 5.41) is 10.3. The van der Waals surface area contributed by atoms with Crippen molar-refractivity contribution in [1.82, 2.24) is 9.80 Å². The Balaban J connectivity index is 1.41. The summed E-state index contributed by atoms with van der Waals surface area (Å²) in [6.07, 6.45) is 10.7. The second kappa shape index (κ2) is 8.45. The fourth-order valence-corrected chi connectivity index (χ4v) is 6.44. The Hall–Kier alpha value is -1.08. The Morgan fingerprint density at radius 3 is 2.80 bits per heavy atom. The van der Waals surface area contributed by atoms with Gasteiger partial charge in [-0.1, -0.05) is 34.5 Å². The minimum absolute atomic E-state index is 0.0252. The van der Waals surface area contributed by atoms with Crippen LogP contribution >= 0.6 is 15.9 Å². The van der Waals surface area contributed by atoms with E-state index >= 15 is 0 Å². The summed E-state index contributed by atoms with van der Waals surface area (Å²) < 4.78 is 13.2. The number of hydrogen-bond donors (Lipinski definition) is 1. The molecule has 0 bridgehead atoms. The fraction of sp³-hybridized carbons (Fsp3) is 0.667. The molecule has 0 radical (unpaired) electrons. The normalized spacial score (nSPS) is 31.0. The molecule has 1 spiro atoms. The van der Waals surface area contributed by atoms with Crippen LogP contribution in [-0.4, -0.2) is 66.9 Å². The lowest BCUT2D eigenvalue weighted by molar-refractivity contribution is 0.0807. The SMILES string of the molecule is COc1cc(Br)c2c3c1OC1C[C@@H](O)C=CC31CCN(CCCN1CCCCC1)C2. The second-order valence-electron chi connectivity index (χ2n) is 9.33. The molecule has 0 saturated carbocycles. The third-order valence-electron chi connectivity index (χ3n) is 7.51. The number of hydrogen-bond acceptors (Lipinski definition) is 5. The van der Waals surface area contributed by atoms with Crippen molar-refractivity contribution in [1.29, 1.82) is 0 Å². The summed E-state index contributed by atoms with van der Waals surface area (Å²) in [4.78, 5) is 5.24. The average molecular weight is 477 g/mol. The van der Waals surface area contributed by atoms with Gasteiger partial charge in [-0.05, 0) is 70.0 Å². The fourth-order valence-electron chi connectivity index (χ4n) is 5.91. The third-order valence-corrected chi connectivity index (χ3v) is 8.22. The molecule has 30 heavy (non-hydrogen) atoms. The molecule has 0 aromatic heterocycles. The van der Waals surface area contributed by atoms with Crippen molar-refractivity contribution in [3.63, 3.8) is 0 Å². The molecular formula is C24H33BrN2O3. The molecule has 5 nitrogen and oxygen atoms in total. The highest BCUT2D eigenvalue weighted by molar-refractivity contribution is 9.10. The number of rotatable bonds is 5. The maximum atomic E-state index is 10.3. The van der Waals surface area contributed by atoms with Gasteiger partial charge >= 0.3 is 0 Å². The second-order valence-corrected chi connectivity index (χ2v) is 10.2. The van der Waals surface area contributed by atoms with Gasteiger partial charge in [0.2, 0.25) is 0 Å². The number of aliphatic hydroxyl groups excluding tert-OH is 1. The molecule has 1 saturated heterocycles. The first-order valence-electron chi connectivity index (χ1n) is 11.5. The quantitative estimate of drug-likeness (QED) is 0.653. The van der Waals surface area contributed by atoms with E-state index in [0.717, 1.165) is 42.0 Å². The van der Waals surface area contributed by atoms with Gasteiger partial charge in [-0.15, -0.1) is 0 Å². The molecule has 3 atom stereocenters. The van der Waals surface area contributed by atoms with Crippen LogP contribution in [0.2, 0.25) is 0 Å². The van der Waals surface area contributed by atoms with Crippen molar-refractivity contribution < 1.29 is 14.6 Å². The maximum absolute atomic E-state index is 10.3. The van der Waals surface area contributed by atoms with Gasteiger partial charge in [0.25, 0.3) is 0 Å². The highest BCUT2D eigenvalue weighted by Crippen LogP contribution is 2.57. The molecule has 1 aromatic carbocycles. The molecule has 6 heteroatoms. The van der Waals surface area contributed by atoms with Gasteiger partial charge in [0.15, 0.2) is 11.5 Å². The van der Waals surface area contributed by atoms with Crippen molar-refractivity contribution >= 4 is 15.9 Å². The van der Waals surface area contributed by atoms with Gasteiger partial charge in [-0.2, -0.15) is 0 Å². The van der Waals surface area contributed by atoms with E-state index in [1.165, 1.54) is 56.4 Å². The monoisotopic (exact) mass is 476 g/mol. The number of likely N-dealkylation sites (tertiary alicyclic amines) is 1. The third kappa shape index (κ3) is 3.60. The number of piperidine rings is 1. The molecule has 1 aromatic rings. The van der Waals surface area contributed by atoms with Crippen molar-refractivity contribution in [3.8, 4) is 11.5 Å². The minimum atomic E-state index is -0.434. The lowest BCUT2D eigenvalue weighted by atomic mass is 9.69. The Kier molecular flexibility index (Phi) is 5.86. The molecule has 3 heterocycles. The van der Waals surface area contributed by atoms with Crippen LogP contribution in [0.3, 0.4) is 0 Å². The highest BCUT2D eigenvalue weighted by Gasteiger charge is 2.53. The zero-order valence-corrected chi connectivity index (χ0v) is 19.5. The Bertz CT molecular complexity index is 823. The molecule has 0 amide bonds. The van der Waals surface area contributed by atoms with Gasteiger partial charge in [-0.25, -0.2) is 0 Å². The Morgan fingerprint density at radius 1 is 1.20 bits per heavy atom. The van der Waals surface area contributed by atoms with E-state index in [-0.39, 0.29) is 11.5 Å². The maximum Gasteiger partial charge on any atom is 0.166 e. The van der Waals surface area contributed by atoms with Crippen molar-refractivity contribution in [2.24, 2.45) is 0 Å². The first-order valence-corrected chi connectivity index (χ1v) is 12.3. The lowest BCUT2D eigenvalue weighted by Crippen LogP contribution is -2.43. The van der Waals surface area contributed by atoms with Gasteiger partial charge in [0, 0.05) is 23.0 Å². The van der Waals surface area contributed by atoms with E-state index in [9.17, 15) is 5.11 Å². The van der Waals surface area contributed by atoms with Crippen LogP contribution in [0.5, 0.6) is 11.5 Å². The Morgan fingerprint density at radius 2 is 2.00 bits per heavy atom. The van der Waals surface area contributed by atoms with Crippen molar-refractivity contribution in [2.45, 2.75) is 62.7 Å². The number of aliphatic hydroxyl groups is 1. The minimum Gasteiger partial charge on any atom is -0.493 e. The van der Waals surface area contributed by atoms with E-state index in [1.54, 1.807) is 7.11 Å². The van der Waals surface area contributed by atoms with Crippen LogP contribution in [-0.2, 0) is 12.0 Å². The summed E-state index contributed by atoms with van der Waals surface area (Å²) in [5.74, 6) is 1.67. The van der Waals surface area contributed by atoms with Gasteiger partial charge in [0.05, 0.1) is 18.6 Å². The zero-order chi connectivity index (χ0) is 20.7. The van der Waals surface area contributed by atoms with Crippen LogP contribution in [0.25, 0.3) is 0 Å². The highest BCUT2D eigenvalue weighted by atomic mass is 79.9. The topological polar surface area (TPSA) is 45.2 Å². The molecule has 164 valence electrons. The predicted octanol–water partition coefficient (Wildman–Crippen LogP) is 3.86. The smallest absolute Gasteiger partial charge is 0.166 e. The van der Waals surface area contributed by atoms with Gasteiger partial charge in [0.1, 0.15) is 6.10 Å². The molecule has 1 N–H and O–H groups in total. The molecule has 1 aliphatic carbocycles. The Labute approximate surface area is 188 Å². The van der Waals surface area contributed by atoms with Gasteiger partial charge < -0.3 is 19.5 Å². The average Bonchev–Trinajstić information content (AvgIpc) is 2.98. The molecule has 3 aliphatic heterocycles. The number of ether oxygens (including phenoxy) is 2. The predicted molar refractivity (Wildman–Crippen MR) is 121 cm³/mol. The summed E-state index contributed by atoms with van der Waals surface area (Å²) in [6, 6.07) is 2.05. The molecular weight excluding hydrogens is 444 g/mol. The number of benzene rings is 1. The number of nitrogens with zero attached hydrogens (tertiary/aromatic N) is 2. The van der Waals surface area contributed by atoms with Crippen LogP contribution < -0.4 is 9.47 Å². The summed E-state index contributed by atoms with van der Waals surface area (Å²) >= 11 is 3.84. The summed E-state index contributed by atoms with van der Waals surface area (Å²) in [5.41, 5.74) is 2.44. The van der Waals surface area contributed by atoms with Crippen LogP contribution in [0.4, 0.5) is 0 Å².